The van der Waals surface area contributed by atoms with E-state index in [1.165, 1.54) is 6.07 Å². The molecule has 0 spiro atoms. The van der Waals surface area contributed by atoms with E-state index >= 15 is 0 Å². The molecule has 0 atom stereocenters. The molecule has 1 heterocycles. The van der Waals surface area contributed by atoms with Gasteiger partial charge in [-0.05, 0) is 42.8 Å². The van der Waals surface area contributed by atoms with Gasteiger partial charge in [0, 0.05) is 5.69 Å². The summed E-state index contributed by atoms with van der Waals surface area (Å²) >= 11 is 5.85. The molecule has 0 fully saturated rings. The Bertz CT molecular complexity index is 650. The van der Waals surface area contributed by atoms with Crippen molar-refractivity contribution in [3.05, 3.63) is 46.6 Å². The number of nitrogens with one attached hydrogen (secondary N) is 1. The Hall–Kier alpha value is -2.25. The van der Waals surface area contributed by atoms with Crippen molar-refractivity contribution in [1.29, 1.82) is 5.26 Å². The minimum atomic E-state index is 0.284. The number of pyridine rings is 1. The molecule has 0 amide bonds. The fraction of sp³-hybridized carbons (Fsp3) is 0.143. The van der Waals surface area contributed by atoms with Crippen LogP contribution in [0, 0.1) is 18.3 Å². The molecule has 4 nitrogen and oxygen atoms in total. The second-order valence-electron chi connectivity index (χ2n) is 3.98. The predicted octanol–water partition coefficient (Wildman–Crippen LogP) is 3.67. The lowest BCUT2D eigenvalue weighted by Gasteiger charge is -2.09. The van der Waals surface area contributed by atoms with Crippen LogP contribution in [-0.4, -0.2) is 12.1 Å². The van der Waals surface area contributed by atoms with E-state index in [4.69, 9.17) is 21.6 Å². The molecule has 1 aromatic carbocycles. The van der Waals surface area contributed by atoms with Crippen LogP contribution in [0.5, 0.6) is 5.75 Å². The van der Waals surface area contributed by atoms with Gasteiger partial charge in [0.2, 0.25) is 0 Å². The van der Waals surface area contributed by atoms with Crippen LogP contribution >= 0.6 is 11.6 Å². The van der Waals surface area contributed by atoms with Gasteiger partial charge >= 0.3 is 0 Å². The summed E-state index contributed by atoms with van der Waals surface area (Å²) in [6.45, 7) is 1.95. The quantitative estimate of drug-likeness (QED) is 0.867. The highest BCUT2D eigenvalue weighted by atomic mass is 35.5. The molecule has 96 valence electrons. The number of benzene rings is 1. The van der Waals surface area contributed by atoms with Gasteiger partial charge in [-0.1, -0.05) is 11.6 Å². The summed E-state index contributed by atoms with van der Waals surface area (Å²) in [4.78, 5) is 4.12. The third-order valence-corrected chi connectivity index (χ3v) is 2.78. The predicted molar refractivity (Wildman–Crippen MR) is 75.0 cm³/mol. The van der Waals surface area contributed by atoms with Crippen molar-refractivity contribution >= 4 is 23.1 Å². The van der Waals surface area contributed by atoms with Crippen LogP contribution in [0.2, 0.25) is 5.15 Å². The summed E-state index contributed by atoms with van der Waals surface area (Å²) in [5.74, 6) is 1.36. The highest BCUT2D eigenvalue weighted by molar-refractivity contribution is 6.29. The fourth-order valence-electron chi connectivity index (χ4n) is 1.73. The molecule has 1 aromatic heterocycles. The second-order valence-corrected chi connectivity index (χ2v) is 4.37. The summed E-state index contributed by atoms with van der Waals surface area (Å²) < 4.78 is 5.20. The van der Waals surface area contributed by atoms with Crippen LogP contribution in [0.4, 0.5) is 11.5 Å². The molecule has 0 bridgehead atoms. The Morgan fingerprint density at radius 2 is 2.11 bits per heavy atom. The number of anilines is 2. The van der Waals surface area contributed by atoms with Crippen molar-refractivity contribution < 1.29 is 4.74 Å². The zero-order valence-corrected chi connectivity index (χ0v) is 11.3. The van der Waals surface area contributed by atoms with E-state index in [1.807, 2.05) is 31.2 Å². The van der Waals surface area contributed by atoms with Gasteiger partial charge in [0.25, 0.3) is 0 Å². The molecule has 0 aliphatic rings. The Kier molecular flexibility index (Phi) is 3.88. The molecular weight excluding hydrogens is 262 g/mol. The fourth-order valence-corrected chi connectivity index (χ4v) is 1.94. The largest absolute Gasteiger partial charge is 0.496 e. The van der Waals surface area contributed by atoms with E-state index in [-0.39, 0.29) is 5.15 Å². The van der Waals surface area contributed by atoms with E-state index < -0.39 is 0 Å². The standard InChI is InChI=1S/C14H12ClN3O/c1-9-5-11(3-4-12(9)19-2)17-14-7-10(8-16)6-13(15)18-14/h3-7H,1-2H3,(H,17,18). The van der Waals surface area contributed by atoms with Crippen LogP contribution < -0.4 is 10.1 Å². The van der Waals surface area contributed by atoms with Crippen molar-refractivity contribution in [3.63, 3.8) is 0 Å². The van der Waals surface area contributed by atoms with E-state index in [0.717, 1.165) is 17.0 Å². The number of ether oxygens (including phenoxy) is 1. The molecule has 19 heavy (non-hydrogen) atoms. The summed E-state index contributed by atoms with van der Waals surface area (Å²) in [6.07, 6.45) is 0. The summed E-state index contributed by atoms with van der Waals surface area (Å²) in [5, 5.41) is 12.3. The minimum Gasteiger partial charge on any atom is -0.496 e. The van der Waals surface area contributed by atoms with E-state index in [1.54, 1.807) is 13.2 Å². The lowest BCUT2D eigenvalue weighted by atomic mass is 10.2. The van der Waals surface area contributed by atoms with E-state index in [0.29, 0.717) is 11.4 Å². The summed E-state index contributed by atoms with van der Waals surface area (Å²) in [5.41, 5.74) is 2.33. The molecule has 5 heteroatoms. The number of methoxy groups -OCH3 is 1. The monoisotopic (exact) mass is 273 g/mol. The molecule has 0 saturated heterocycles. The SMILES string of the molecule is COc1ccc(Nc2cc(C#N)cc(Cl)n2)cc1C. The van der Waals surface area contributed by atoms with Gasteiger partial charge in [-0.2, -0.15) is 5.26 Å². The van der Waals surface area contributed by atoms with Crippen molar-refractivity contribution in [2.45, 2.75) is 6.92 Å². The van der Waals surface area contributed by atoms with Crippen molar-refractivity contribution in [2.75, 3.05) is 12.4 Å². The molecule has 0 radical (unpaired) electrons. The van der Waals surface area contributed by atoms with Crippen LogP contribution in [0.25, 0.3) is 0 Å². The molecule has 2 aromatic rings. The first kappa shape index (κ1) is 13.2. The van der Waals surface area contributed by atoms with Crippen molar-refractivity contribution in [2.24, 2.45) is 0 Å². The number of aromatic nitrogens is 1. The lowest BCUT2D eigenvalue weighted by molar-refractivity contribution is 0.412. The van der Waals surface area contributed by atoms with Crippen LogP contribution in [0.15, 0.2) is 30.3 Å². The smallest absolute Gasteiger partial charge is 0.133 e. The highest BCUT2D eigenvalue weighted by Gasteiger charge is 2.04. The van der Waals surface area contributed by atoms with Gasteiger partial charge in [0.1, 0.15) is 16.7 Å². The number of hydrogen-bond acceptors (Lipinski definition) is 4. The number of halogens is 1. The second kappa shape index (κ2) is 5.59. The first-order valence-corrected chi connectivity index (χ1v) is 5.99. The van der Waals surface area contributed by atoms with Gasteiger partial charge in [-0.15, -0.1) is 0 Å². The highest BCUT2D eigenvalue weighted by Crippen LogP contribution is 2.24. The number of aryl methyl sites for hydroxylation is 1. The third kappa shape index (κ3) is 3.15. The topological polar surface area (TPSA) is 57.9 Å². The molecule has 2 rings (SSSR count). The molecule has 0 saturated carbocycles. The van der Waals surface area contributed by atoms with E-state index in [2.05, 4.69) is 10.3 Å². The Morgan fingerprint density at radius 3 is 2.74 bits per heavy atom. The van der Waals surface area contributed by atoms with Crippen LogP contribution in [0.3, 0.4) is 0 Å². The molecule has 0 unspecified atom stereocenters. The van der Waals surface area contributed by atoms with Crippen molar-refractivity contribution in [1.82, 2.24) is 4.98 Å². The normalized spacial score (nSPS) is 9.79. The first-order valence-electron chi connectivity index (χ1n) is 5.61. The number of nitriles is 1. The van der Waals surface area contributed by atoms with Gasteiger partial charge < -0.3 is 10.1 Å². The van der Waals surface area contributed by atoms with Gasteiger partial charge in [0.05, 0.1) is 18.7 Å². The van der Waals surface area contributed by atoms with E-state index in [9.17, 15) is 0 Å². The number of nitrogens with zero attached hydrogens (tertiary/aromatic N) is 2. The average Bonchev–Trinajstić information content (AvgIpc) is 2.38. The van der Waals surface area contributed by atoms with Crippen LogP contribution in [0.1, 0.15) is 11.1 Å². The van der Waals surface area contributed by atoms with Gasteiger partial charge in [-0.25, -0.2) is 4.98 Å². The first-order chi connectivity index (χ1) is 9.12. The van der Waals surface area contributed by atoms with Gasteiger partial charge in [0.15, 0.2) is 0 Å². The van der Waals surface area contributed by atoms with Crippen molar-refractivity contribution in [3.8, 4) is 11.8 Å². The van der Waals surface area contributed by atoms with Crippen LogP contribution in [-0.2, 0) is 0 Å². The average molecular weight is 274 g/mol. The Labute approximate surface area is 116 Å². The molecule has 0 aliphatic carbocycles. The third-order valence-electron chi connectivity index (χ3n) is 2.59. The summed E-state index contributed by atoms with van der Waals surface area (Å²) in [7, 11) is 1.63. The minimum absolute atomic E-state index is 0.284. The summed E-state index contributed by atoms with van der Waals surface area (Å²) in [6, 6.07) is 10.9. The zero-order chi connectivity index (χ0) is 13.8. The maximum atomic E-state index is 8.88. The lowest BCUT2D eigenvalue weighted by Crippen LogP contribution is -1.96. The zero-order valence-electron chi connectivity index (χ0n) is 10.6. The number of hydrogen-bond donors (Lipinski definition) is 1. The maximum Gasteiger partial charge on any atom is 0.133 e. The molecule has 0 aliphatic heterocycles. The molecular formula is C14H12ClN3O. The maximum absolute atomic E-state index is 8.88. The Morgan fingerprint density at radius 1 is 1.32 bits per heavy atom. The van der Waals surface area contributed by atoms with Gasteiger partial charge in [-0.3, -0.25) is 0 Å². The Balaban J connectivity index is 2.29. The number of rotatable bonds is 3. The molecule has 1 N–H and O–H groups in total.